The van der Waals surface area contributed by atoms with Crippen LogP contribution < -0.4 is 19.7 Å². The lowest BCUT2D eigenvalue weighted by Crippen LogP contribution is -2.42. The molecule has 1 fully saturated rings. The second kappa shape index (κ2) is 7.04. The van der Waals surface area contributed by atoms with E-state index in [4.69, 9.17) is 9.47 Å². The Balaban J connectivity index is 1.20. The van der Waals surface area contributed by atoms with E-state index in [2.05, 4.69) is 43.0 Å². The SMILES string of the molecule is c1cc2c(cc1N1CCC(NCCCc3nn[nH]n3)CC1)OCO2. The molecule has 0 spiro atoms. The van der Waals surface area contributed by atoms with Crippen molar-refractivity contribution < 1.29 is 9.47 Å². The fourth-order valence-electron chi connectivity index (χ4n) is 3.26. The summed E-state index contributed by atoms with van der Waals surface area (Å²) >= 11 is 0. The minimum Gasteiger partial charge on any atom is -0.454 e. The number of rotatable bonds is 6. The Kier molecular flexibility index (Phi) is 4.46. The molecule has 0 amide bonds. The molecule has 1 saturated heterocycles. The van der Waals surface area contributed by atoms with E-state index < -0.39 is 0 Å². The first-order valence-electron chi connectivity index (χ1n) is 8.49. The number of ether oxygens (including phenoxy) is 2. The van der Waals surface area contributed by atoms with Gasteiger partial charge in [-0.1, -0.05) is 5.21 Å². The zero-order chi connectivity index (χ0) is 16.2. The number of fused-ring (bicyclic) bond motifs is 1. The van der Waals surface area contributed by atoms with E-state index in [9.17, 15) is 0 Å². The lowest BCUT2D eigenvalue weighted by molar-refractivity contribution is 0.174. The number of hydrogen-bond acceptors (Lipinski definition) is 7. The van der Waals surface area contributed by atoms with Gasteiger partial charge in [0, 0.05) is 37.3 Å². The van der Waals surface area contributed by atoms with E-state index in [1.54, 1.807) is 0 Å². The molecule has 2 aliphatic heterocycles. The van der Waals surface area contributed by atoms with Gasteiger partial charge in [-0.2, -0.15) is 5.21 Å². The second-order valence-corrected chi connectivity index (χ2v) is 6.18. The number of aromatic nitrogens is 4. The standard InChI is InChI=1S/C16H22N6O2/c1(2-16-18-20-21-19-16)7-17-12-5-8-22(9-6-12)13-3-4-14-15(10-13)24-11-23-14/h3-4,10,12,17H,1-2,5-9,11H2,(H,18,19,20,21). The van der Waals surface area contributed by atoms with Gasteiger partial charge in [-0.05, 0) is 37.9 Å². The first-order valence-corrected chi connectivity index (χ1v) is 8.49. The van der Waals surface area contributed by atoms with Crippen molar-refractivity contribution in [1.82, 2.24) is 25.9 Å². The van der Waals surface area contributed by atoms with Crippen LogP contribution in [0.5, 0.6) is 11.5 Å². The number of anilines is 1. The van der Waals surface area contributed by atoms with Gasteiger partial charge in [0.2, 0.25) is 6.79 Å². The number of benzene rings is 1. The van der Waals surface area contributed by atoms with Gasteiger partial charge in [-0.3, -0.25) is 0 Å². The molecule has 4 rings (SSSR count). The molecular formula is C16H22N6O2. The summed E-state index contributed by atoms with van der Waals surface area (Å²) in [6.07, 6.45) is 4.19. The summed E-state index contributed by atoms with van der Waals surface area (Å²) in [7, 11) is 0. The molecule has 1 aromatic heterocycles. The first kappa shape index (κ1) is 15.2. The Labute approximate surface area is 140 Å². The van der Waals surface area contributed by atoms with E-state index in [0.29, 0.717) is 12.8 Å². The normalized spacial score (nSPS) is 17.4. The second-order valence-electron chi connectivity index (χ2n) is 6.18. The summed E-state index contributed by atoms with van der Waals surface area (Å²) in [6, 6.07) is 6.79. The Morgan fingerprint density at radius 3 is 2.92 bits per heavy atom. The Hall–Kier alpha value is -2.35. The van der Waals surface area contributed by atoms with Crippen LogP contribution in [-0.4, -0.2) is 53.1 Å². The zero-order valence-electron chi connectivity index (χ0n) is 13.6. The topological polar surface area (TPSA) is 88.2 Å². The van der Waals surface area contributed by atoms with E-state index >= 15 is 0 Å². The van der Waals surface area contributed by atoms with Gasteiger partial charge in [0.1, 0.15) is 0 Å². The summed E-state index contributed by atoms with van der Waals surface area (Å²) in [4.78, 5) is 2.42. The summed E-state index contributed by atoms with van der Waals surface area (Å²) in [6.45, 7) is 3.43. The van der Waals surface area contributed by atoms with Crippen LogP contribution in [0.2, 0.25) is 0 Å². The fourth-order valence-corrected chi connectivity index (χ4v) is 3.26. The average Bonchev–Trinajstić information content (AvgIpc) is 3.30. The molecular weight excluding hydrogens is 308 g/mol. The van der Waals surface area contributed by atoms with Crippen molar-refractivity contribution in [1.29, 1.82) is 0 Å². The maximum atomic E-state index is 5.47. The highest BCUT2D eigenvalue weighted by atomic mass is 16.7. The smallest absolute Gasteiger partial charge is 0.231 e. The molecule has 0 radical (unpaired) electrons. The number of tetrazole rings is 1. The summed E-state index contributed by atoms with van der Waals surface area (Å²) in [5.74, 6) is 2.49. The van der Waals surface area contributed by atoms with Crippen LogP contribution in [-0.2, 0) is 6.42 Å². The van der Waals surface area contributed by atoms with Crippen molar-refractivity contribution in [3.05, 3.63) is 24.0 Å². The molecule has 3 heterocycles. The van der Waals surface area contributed by atoms with Crippen LogP contribution in [0, 0.1) is 0 Å². The Morgan fingerprint density at radius 1 is 1.21 bits per heavy atom. The highest BCUT2D eigenvalue weighted by Crippen LogP contribution is 2.36. The predicted octanol–water partition coefficient (Wildman–Crippen LogP) is 1.12. The van der Waals surface area contributed by atoms with E-state index in [1.165, 1.54) is 5.69 Å². The minimum absolute atomic E-state index is 0.328. The predicted molar refractivity (Wildman–Crippen MR) is 88.3 cm³/mol. The van der Waals surface area contributed by atoms with E-state index in [1.807, 2.05) is 6.07 Å². The lowest BCUT2D eigenvalue weighted by atomic mass is 10.0. The molecule has 0 unspecified atom stereocenters. The Bertz CT molecular complexity index is 655. The number of H-pyrrole nitrogens is 1. The van der Waals surface area contributed by atoms with Crippen molar-refractivity contribution in [2.24, 2.45) is 0 Å². The van der Waals surface area contributed by atoms with Gasteiger partial charge >= 0.3 is 0 Å². The van der Waals surface area contributed by atoms with Crippen molar-refractivity contribution in [3.8, 4) is 11.5 Å². The average molecular weight is 330 g/mol. The number of aryl methyl sites for hydroxylation is 1. The van der Waals surface area contributed by atoms with Gasteiger partial charge in [0.15, 0.2) is 17.3 Å². The van der Waals surface area contributed by atoms with Crippen molar-refractivity contribution >= 4 is 5.69 Å². The fraction of sp³-hybridized carbons (Fsp3) is 0.562. The third kappa shape index (κ3) is 3.43. The van der Waals surface area contributed by atoms with Crippen LogP contribution in [0.3, 0.4) is 0 Å². The van der Waals surface area contributed by atoms with Crippen molar-refractivity contribution in [2.75, 3.05) is 31.3 Å². The molecule has 2 aromatic rings. The lowest BCUT2D eigenvalue weighted by Gasteiger charge is -2.34. The van der Waals surface area contributed by atoms with Gasteiger partial charge in [0.25, 0.3) is 0 Å². The van der Waals surface area contributed by atoms with E-state index in [-0.39, 0.29) is 0 Å². The van der Waals surface area contributed by atoms with E-state index in [0.717, 1.165) is 62.6 Å². The van der Waals surface area contributed by atoms with Crippen LogP contribution in [0.15, 0.2) is 18.2 Å². The number of nitrogens with one attached hydrogen (secondary N) is 2. The molecule has 2 aliphatic rings. The highest BCUT2D eigenvalue weighted by Gasteiger charge is 2.21. The van der Waals surface area contributed by atoms with Gasteiger partial charge in [-0.15, -0.1) is 10.2 Å². The quantitative estimate of drug-likeness (QED) is 0.767. The zero-order valence-corrected chi connectivity index (χ0v) is 13.6. The third-order valence-corrected chi connectivity index (χ3v) is 4.62. The van der Waals surface area contributed by atoms with Crippen LogP contribution in [0.25, 0.3) is 0 Å². The molecule has 2 N–H and O–H groups in total. The number of piperidine rings is 1. The van der Waals surface area contributed by atoms with Crippen molar-refractivity contribution in [2.45, 2.75) is 31.7 Å². The molecule has 0 atom stereocenters. The third-order valence-electron chi connectivity index (χ3n) is 4.62. The highest BCUT2D eigenvalue weighted by molar-refractivity contribution is 5.57. The molecule has 0 aliphatic carbocycles. The molecule has 0 bridgehead atoms. The molecule has 0 saturated carbocycles. The van der Waals surface area contributed by atoms with Crippen LogP contribution >= 0.6 is 0 Å². The van der Waals surface area contributed by atoms with Gasteiger partial charge in [0.05, 0.1) is 0 Å². The first-order chi connectivity index (χ1) is 11.9. The summed E-state index contributed by atoms with van der Waals surface area (Å²) < 4.78 is 10.8. The monoisotopic (exact) mass is 330 g/mol. The Morgan fingerprint density at radius 2 is 2.08 bits per heavy atom. The largest absolute Gasteiger partial charge is 0.454 e. The summed E-state index contributed by atoms with van der Waals surface area (Å²) in [5.41, 5.74) is 1.22. The van der Waals surface area contributed by atoms with Crippen LogP contribution in [0.4, 0.5) is 5.69 Å². The van der Waals surface area contributed by atoms with Gasteiger partial charge < -0.3 is 19.7 Å². The number of hydrogen-bond donors (Lipinski definition) is 2. The minimum atomic E-state index is 0.328. The van der Waals surface area contributed by atoms with Crippen molar-refractivity contribution in [3.63, 3.8) is 0 Å². The maximum Gasteiger partial charge on any atom is 0.231 e. The molecule has 128 valence electrons. The molecule has 8 nitrogen and oxygen atoms in total. The van der Waals surface area contributed by atoms with Crippen LogP contribution in [0.1, 0.15) is 25.1 Å². The maximum absolute atomic E-state index is 5.47. The number of nitrogens with zero attached hydrogens (tertiary/aromatic N) is 4. The molecule has 24 heavy (non-hydrogen) atoms. The molecule has 1 aromatic carbocycles. The van der Waals surface area contributed by atoms with Gasteiger partial charge in [-0.25, -0.2) is 0 Å². The summed E-state index contributed by atoms with van der Waals surface area (Å²) in [5, 5.41) is 17.6. The molecule has 8 heteroatoms. The number of aromatic amines is 1.